The van der Waals surface area contributed by atoms with Gasteiger partial charge in [0, 0.05) is 37.7 Å². The molecule has 7 heteroatoms. The van der Waals surface area contributed by atoms with E-state index < -0.39 is 0 Å². The second-order valence-electron chi connectivity index (χ2n) is 10.8. The number of halogens is 1. The highest BCUT2D eigenvalue weighted by Crippen LogP contribution is 2.46. The maximum atomic E-state index is 14.2. The van der Waals surface area contributed by atoms with Crippen molar-refractivity contribution in [3.63, 3.8) is 0 Å². The molecule has 194 valence electrons. The van der Waals surface area contributed by atoms with Gasteiger partial charge in [-0.05, 0) is 109 Å². The van der Waals surface area contributed by atoms with Crippen molar-refractivity contribution in [1.82, 2.24) is 19.0 Å². The summed E-state index contributed by atoms with van der Waals surface area (Å²) in [6, 6.07) is 13.0. The number of pyridine rings is 1. The van der Waals surface area contributed by atoms with E-state index in [2.05, 4.69) is 24.0 Å². The first-order valence-corrected chi connectivity index (χ1v) is 13.2. The van der Waals surface area contributed by atoms with Crippen molar-refractivity contribution in [2.75, 3.05) is 6.54 Å². The highest BCUT2D eigenvalue weighted by molar-refractivity contribution is 5.99. The molecule has 2 aromatic carbocycles. The van der Waals surface area contributed by atoms with Crippen LogP contribution in [0, 0.1) is 31.0 Å². The number of rotatable bonds is 6. The monoisotopic (exact) mass is 509 g/mol. The van der Waals surface area contributed by atoms with Crippen LogP contribution in [0.25, 0.3) is 11.1 Å². The number of amides is 1. The number of nitrogens with one attached hydrogen (secondary N) is 1. The number of hydrogen-bond acceptors (Lipinski definition) is 3. The maximum absolute atomic E-state index is 14.2. The molecule has 2 aliphatic rings. The third-order valence-electron chi connectivity index (χ3n) is 7.96. The number of carbonyl (C=O) groups excluding carboxylic acids is 1. The average Bonchev–Trinajstić information content (AvgIpc) is 3.67. The van der Waals surface area contributed by atoms with Gasteiger partial charge in [0.15, 0.2) is 0 Å². The first-order chi connectivity index (χ1) is 18.3. The van der Waals surface area contributed by atoms with Crippen LogP contribution in [0.15, 0.2) is 61.1 Å². The molecule has 0 radical (unpaired) electrons. The topological polar surface area (TPSA) is 66.9 Å². The lowest BCUT2D eigenvalue weighted by Crippen LogP contribution is -2.42. The summed E-state index contributed by atoms with van der Waals surface area (Å²) in [7, 11) is 1.84. The fraction of sp³-hybridized carbons (Fsp3) is 0.323. The molecule has 2 aromatic heterocycles. The van der Waals surface area contributed by atoms with Crippen LogP contribution in [0.4, 0.5) is 4.39 Å². The summed E-state index contributed by atoms with van der Waals surface area (Å²) in [6.45, 7) is 5.07. The number of nitrogens with zero attached hydrogens (tertiary/aromatic N) is 4. The summed E-state index contributed by atoms with van der Waals surface area (Å²) >= 11 is 0. The Morgan fingerprint density at radius 3 is 2.53 bits per heavy atom. The summed E-state index contributed by atoms with van der Waals surface area (Å²) in [5.74, 6) is 0.191. The van der Waals surface area contributed by atoms with Crippen molar-refractivity contribution in [3.05, 3.63) is 106 Å². The van der Waals surface area contributed by atoms with Gasteiger partial charge in [-0.1, -0.05) is 6.07 Å². The van der Waals surface area contributed by atoms with Crippen LogP contribution < -0.4 is 5.62 Å². The van der Waals surface area contributed by atoms with Gasteiger partial charge in [0.25, 0.3) is 5.91 Å². The molecular formula is C31H32FN5O. The molecule has 1 aliphatic carbocycles. The third kappa shape index (κ3) is 4.36. The van der Waals surface area contributed by atoms with Gasteiger partial charge < -0.3 is 14.0 Å². The van der Waals surface area contributed by atoms with Crippen molar-refractivity contribution in [2.45, 2.75) is 45.7 Å². The van der Waals surface area contributed by atoms with Crippen molar-refractivity contribution in [2.24, 2.45) is 13.0 Å². The molecule has 0 saturated heterocycles. The van der Waals surface area contributed by atoms with Gasteiger partial charge >= 0.3 is 0 Å². The molecule has 3 heterocycles. The molecular weight excluding hydrogens is 477 g/mol. The van der Waals surface area contributed by atoms with Crippen molar-refractivity contribution >= 4 is 5.91 Å². The van der Waals surface area contributed by atoms with Crippen LogP contribution in [0.1, 0.15) is 57.2 Å². The Morgan fingerprint density at radius 2 is 1.84 bits per heavy atom. The Morgan fingerprint density at radius 1 is 1.05 bits per heavy atom. The Kier molecular flexibility index (Phi) is 6.01. The quantitative estimate of drug-likeness (QED) is 0.382. The number of hydrogen-bond donors (Lipinski definition) is 1. The molecule has 6 rings (SSSR count). The normalized spacial score (nSPS) is 16.0. The predicted octanol–water partition coefficient (Wildman–Crippen LogP) is 5.32. The fourth-order valence-electron chi connectivity index (χ4n) is 5.84. The Hall–Kier alpha value is -4.00. The minimum Gasteiger partial charge on any atom is -0.329 e. The van der Waals surface area contributed by atoms with E-state index in [1.807, 2.05) is 60.2 Å². The van der Waals surface area contributed by atoms with E-state index in [1.54, 1.807) is 10.6 Å². The highest BCUT2D eigenvalue weighted by Gasteiger charge is 2.41. The molecule has 6 nitrogen and oxygen atoms in total. The molecule has 1 N–H and O–H groups in total. The van der Waals surface area contributed by atoms with Crippen LogP contribution in [0.2, 0.25) is 0 Å². The molecule has 1 amide bonds. The van der Waals surface area contributed by atoms with E-state index >= 15 is 0 Å². The lowest BCUT2D eigenvalue weighted by molar-refractivity contribution is 0.0627. The van der Waals surface area contributed by atoms with Crippen LogP contribution in [-0.2, 0) is 20.0 Å². The van der Waals surface area contributed by atoms with Crippen LogP contribution in [-0.4, -0.2) is 31.5 Å². The van der Waals surface area contributed by atoms with Gasteiger partial charge in [0.2, 0.25) is 5.62 Å². The minimum atomic E-state index is -0.268. The fourth-order valence-corrected chi connectivity index (χ4v) is 5.84. The number of aryl methyl sites for hydroxylation is 3. The summed E-state index contributed by atoms with van der Waals surface area (Å²) in [5, 5.41) is 8.38. The molecule has 4 aromatic rings. The average molecular weight is 510 g/mol. The lowest BCUT2D eigenvalue weighted by atomic mass is 9.86. The van der Waals surface area contributed by atoms with E-state index in [0.29, 0.717) is 30.2 Å². The van der Waals surface area contributed by atoms with Gasteiger partial charge in [-0.3, -0.25) is 15.2 Å². The molecule has 1 fully saturated rings. The third-order valence-corrected chi connectivity index (χ3v) is 7.96. The number of aromatic nitrogens is 3. The largest absolute Gasteiger partial charge is 0.329 e. The van der Waals surface area contributed by atoms with Gasteiger partial charge in [0.05, 0.1) is 18.3 Å². The van der Waals surface area contributed by atoms with Gasteiger partial charge in [-0.2, -0.15) is 0 Å². The standard InChI is InChI=1S/C31H32FN5O/c1-19-8-10-34-28(14-19)29(22-4-5-22)37-11-9-25-26(24-7-6-23(32)15-20(24)2)16-21(17-27(25)30(37)38)18-36-13-12-35(3)31(36)33/h6-8,10,12-17,22,29,33H,4-5,9,11,18H2,1-3H3/t29-/m0/s1. The van der Waals surface area contributed by atoms with E-state index in [1.165, 1.54) is 6.07 Å². The molecule has 1 saturated carbocycles. The highest BCUT2D eigenvalue weighted by atomic mass is 19.1. The summed E-state index contributed by atoms with van der Waals surface area (Å²) < 4.78 is 17.6. The number of imidazole rings is 1. The summed E-state index contributed by atoms with van der Waals surface area (Å²) in [5.41, 5.74) is 7.91. The van der Waals surface area contributed by atoms with E-state index in [-0.39, 0.29) is 17.8 Å². The van der Waals surface area contributed by atoms with Gasteiger partial charge in [0.1, 0.15) is 5.82 Å². The smallest absolute Gasteiger partial charge is 0.254 e. The first-order valence-electron chi connectivity index (χ1n) is 13.2. The zero-order valence-corrected chi connectivity index (χ0v) is 22.0. The lowest BCUT2D eigenvalue weighted by Gasteiger charge is -2.36. The number of carbonyl (C=O) groups is 1. The van der Waals surface area contributed by atoms with Gasteiger partial charge in [-0.15, -0.1) is 0 Å². The van der Waals surface area contributed by atoms with E-state index in [4.69, 9.17) is 5.41 Å². The van der Waals surface area contributed by atoms with Crippen LogP contribution in [0.5, 0.6) is 0 Å². The Labute approximate surface area is 221 Å². The molecule has 0 spiro atoms. The number of fused-ring (bicyclic) bond motifs is 1. The first kappa shape index (κ1) is 24.3. The molecule has 0 unspecified atom stereocenters. The minimum absolute atomic E-state index is 0.0264. The SMILES string of the molecule is Cc1ccnc([C@H](C2CC2)N2CCc3c(cc(Cn4ccn(C)c4=N)cc3-c3ccc(F)cc3C)C2=O)c1. The number of benzene rings is 2. The Balaban J connectivity index is 1.47. The van der Waals surface area contributed by atoms with Gasteiger partial charge in [-0.25, -0.2) is 4.39 Å². The molecule has 1 atom stereocenters. The molecule has 1 aliphatic heterocycles. The van der Waals surface area contributed by atoms with Crippen molar-refractivity contribution in [1.29, 1.82) is 5.41 Å². The molecule has 0 bridgehead atoms. The van der Waals surface area contributed by atoms with Crippen molar-refractivity contribution < 1.29 is 9.18 Å². The van der Waals surface area contributed by atoms with E-state index in [0.717, 1.165) is 58.3 Å². The maximum Gasteiger partial charge on any atom is 0.254 e. The van der Waals surface area contributed by atoms with Crippen LogP contribution >= 0.6 is 0 Å². The van der Waals surface area contributed by atoms with Crippen molar-refractivity contribution in [3.8, 4) is 11.1 Å². The Bertz CT molecular complexity index is 1610. The summed E-state index contributed by atoms with van der Waals surface area (Å²) in [4.78, 5) is 20.9. The van der Waals surface area contributed by atoms with Crippen LogP contribution in [0.3, 0.4) is 0 Å². The summed E-state index contributed by atoms with van der Waals surface area (Å²) in [6.07, 6.45) is 8.51. The van der Waals surface area contributed by atoms with E-state index in [9.17, 15) is 9.18 Å². The zero-order chi connectivity index (χ0) is 26.6. The predicted molar refractivity (Wildman–Crippen MR) is 144 cm³/mol. The second kappa shape index (κ2) is 9.39. The molecule has 38 heavy (non-hydrogen) atoms. The second-order valence-corrected chi connectivity index (χ2v) is 10.8. The zero-order valence-electron chi connectivity index (χ0n) is 22.0.